The van der Waals surface area contributed by atoms with Gasteiger partial charge in [-0.15, -0.1) is 0 Å². The summed E-state index contributed by atoms with van der Waals surface area (Å²) in [6.45, 7) is 0.407. The molecule has 116 valence electrons. The van der Waals surface area contributed by atoms with Crippen molar-refractivity contribution in [3.8, 4) is 0 Å². The summed E-state index contributed by atoms with van der Waals surface area (Å²) in [7, 11) is 0. The number of aromatic nitrogens is 2. The molecule has 23 heavy (non-hydrogen) atoms. The van der Waals surface area contributed by atoms with Crippen molar-refractivity contribution in [2.75, 3.05) is 0 Å². The predicted molar refractivity (Wildman–Crippen MR) is 88.2 cm³/mol. The van der Waals surface area contributed by atoms with E-state index in [9.17, 15) is 9.59 Å². The molecule has 0 bridgehead atoms. The Balaban J connectivity index is 2.25. The van der Waals surface area contributed by atoms with Gasteiger partial charge in [-0.2, -0.15) is 5.10 Å². The third-order valence-corrected chi connectivity index (χ3v) is 3.67. The number of fused-ring (bicyclic) bond motifs is 1. The zero-order valence-corrected chi connectivity index (χ0v) is 12.7. The summed E-state index contributed by atoms with van der Waals surface area (Å²) < 4.78 is 1.59. The molecule has 0 saturated heterocycles. The van der Waals surface area contributed by atoms with E-state index < -0.39 is 11.3 Å². The molecule has 0 atom stereocenters. The van der Waals surface area contributed by atoms with Crippen molar-refractivity contribution in [3.63, 3.8) is 0 Å². The first-order valence-electron chi connectivity index (χ1n) is 6.85. The molecule has 1 amide bonds. The van der Waals surface area contributed by atoms with E-state index in [1.165, 1.54) is 6.07 Å². The van der Waals surface area contributed by atoms with Gasteiger partial charge in [0.05, 0.1) is 17.4 Å². The summed E-state index contributed by atoms with van der Waals surface area (Å²) in [6, 6.07) is 14.5. The van der Waals surface area contributed by atoms with Crippen LogP contribution in [0, 0.1) is 0 Å². The lowest BCUT2D eigenvalue weighted by molar-refractivity contribution is 0.0945. The molecule has 1 heterocycles. The number of halogens is 1. The van der Waals surface area contributed by atoms with Crippen LogP contribution in [-0.2, 0) is 6.54 Å². The Kier molecular flexibility index (Phi) is 4.10. The smallest absolute Gasteiger partial charge is 0.289 e. The van der Waals surface area contributed by atoms with E-state index in [0.717, 1.165) is 5.56 Å². The number of nitrogens with zero attached hydrogens (tertiary/aromatic N) is 2. The Labute approximate surface area is 136 Å². The Morgan fingerprint density at radius 1 is 1.22 bits per heavy atom. The number of carbonyl (C=O) groups is 1. The van der Waals surface area contributed by atoms with Gasteiger partial charge < -0.3 is 0 Å². The van der Waals surface area contributed by atoms with Gasteiger partial charge in [-0.3, -0.25) is 19.7 Å². The maximum atomic E-state index is 12.4. The highest BCUT2D eigenvalue weighted by atomic mass is 35.5. The first kappa shape index (κ1) is 15.2. The molecule has 0 unspecified atom stereocenters. The predicted octanol–water partition coefficient (Wildman–Crippen LogP) is 1.70. The maximum Gasteiger partial charge on any atom is 0.289 e. The van der Waals surface area contributed by atoms with E-state index in [-0.39, 0.29) is 5.69 Å². The summed E-state index contributed by atoms with van der Waals surface area (Å²) in [5.41, 5.74) is 2.75. The summed E-state index contributed by atoms with van der Waals surface area (Å²) in [5, 5.41) is 4.89. The molecule has 0 fully saturated rings. The number of amides is 1. The highest BCUT2D eigenvalue weighted by Gasteiger charge is 2.17. The molecule has 0 radical (unpaired) electrons. The van der Waals surface area contributed by atoms with Gasteiger partial charge in [0.1, 0.15) is 0 Å². The monoisotopic (exact) mass is 328 g/mol. The van der Waals surface area contributed by atoms with Crippen LogP contribution >= 0.6 is 11.6 Å². The van der Waals surface area contributed by atoms with Gasteiger partial charge in [0, 0.05) is 5.02 Å². The van der Waals surface area contributed by atoms with Crippen LogP contribution in [0.2, 0.25) is 5.02 Å². The van der Waals surface area contributed by atoms with E-state index in [4.69, 9.17) is 17.4 Å². The number of carbonyl (C=O) groups excluding carboxylic acids is 1. The Hall–Kier alpha value is -2.70. The number of nitrogens with two attached hydrogens (primary N) is 1. The number of hydrazine groups is 1. The lowest BCUT2D eigenvalue weighted by Crippen LogP contribution is -2.36. The number of benzene rings is 2. The molecular weight excluding hydrogens is 316 g/mol. The van der Waals surface area contributed by atoms with Crippen molar-refractivity contribution in [2.24, 2.45) is 5.84 Å². The van der Waals surface area contributed by atoms with Crippen LogP contribution in [0.4, 0.5) is 0 Å². The highest BCUT2D eigenvalue weighted by molar-refractivity contribution is 6.31. The van der Waals surface area contributed by atoms with Gasteiger partial charge in [-0.1, -0.05) is 41.9 Å². The molecule has 7 heteroatoms. The minimum absolute atomic E-state index is 0.266. The van der Waals surface area contributed by atoms with E-state index in [0.29, 0.717) is 22.5 Å². The molecule has 3 aromatic rings. The average molecular weight is 329 g/mol. The zero-order chi connectivity index (χ0) is 16.4. The molecule has 3 rings (SSSR count). The number of nitrogen functional groups attached to an aromatic ring is 1. The largest absolute Gasteiger partial charge is 0.289 e. The molecule has 3 N–H and O–H groups in total. The molecule has 0 aliphatic carbocycles. The minimum atomic E-state index is -0.737. The van der Waals surface area contributed by atoms with Crippen molar-refractivity contribution >= 4 is 28.4 Å². The molecule has 2 aromatic carbocycles. The van der Waals surface area contributed by atoms with Crippen LogP contribution in [0.3, 0.4) is 0 Å². The van der Waals surface area contributed by atoms with E-state index in [2.05, 4.69) is 5.10 Å². The quantitative estimate of drug-likeness (QED) is 0.435. The van der Waals surface area contributed by atoms with Crippen molar-refractivity contribution < 1.29 is 4.79 Å². The fourth-order valence-corrected chi connectivity index (χ4v) is 2.53. The third-order valence-electron chi connectivity index (χ3n) is 3.44. The van der Waals surface area contributed by atoms with Gasteiger partial charge in [0.15, 0.2) is 5.69 Å². The minimum Gasteiger partial charge on any atom is -0.289 e. The van der Waals surface area contributed by atoms with Crippen LogP contribution in [0.1, 0.15) is 16.1 Å². The Morgan fingerprint density at radius 3 is 2.65 bits per heavy atom. The summed E-state index contributed by atoms with van der Waals surface area (Å²) in [4.78, 5) is 24.3. The number of nitrogens with one attached hydrogen (secondary N) is 1. The SMILES string of the molecule is NNC(=O)c1nn(Cc2ccccc2)c2ccc(Cl)cc2c1=O. The van der Waals surface area contributed by atoms with Gasteiger partial charge in [0.2, 0.25) is 5.43 Å². The molecule has 0 aliphatic heterocycles. The van der Waals surface area contributed by atoms with Crippen LogP contribution in [-0.4, -0.2) is 15.7 Å². The highest BCUT2D eigenvalue weighted by Crippen LogP contribution is 2.17. The average Bonchev–Trinajstić information content (AvgIpc) is 2.57. The Morgan fingerprint density at radius 2 is 1.96 bits per heavy atom. The number of hydrogen-bond acceptors (Lipinski definition) is 4. The lowest BCUT2D eigenvalue weighted by Gasteiger charge is -2.12. The van der Waals surface area contributed by atoms with E-state index in [1.807, 2.05) is 35.8 Å². The van der Waals surface area contributed by atoms with E-state index >= 15 is 0 Å². The lowest BCUT2D eigenvalue weighted by atomic mass is 10.1. The topological polar surface area (TPSA) is 90.0 Å². The summed E-state index contributed by atoms with van der Waals surface area (Å²) in [6.07, 6.45) is 0. The van der Waals surface area contributed by atoms with Crippen molar-refractivity contribution in [2.45, 2.75) is 6.54 Å². The normalized spacial score (nSPS) is 10.7. The fraction of sp³-hybridized carbons (Fsp3) is 0.0625. The molecule has 0 aliphatic rings. The van der Waals surface area contributed by atoms with E-state index in [1.54, 1.807) is 16.8 Å². The van der Waals surface area contributed by atoms with Gasteiger partial charge in [-0.05, 0) is 23.8 Å². The second-order valence-electron chi connectivity index (χ2n) is 4.96. The second-order valence-corrected chi connectivity index (χ2v) is 5.39. The molecule has 0 saturated carbocycles. The molecular formula is C16H13ClN4O2. The first-order valence-corrected chi connectivity index (χ1v) is 7.23. The van der Waals surface area contributed by atoms with Crippen LogP contribution in [0.15, 0.2) is 53.3 Å². The fourth-order valence-electron chi connectivity index (χ4n) is 2.36. The number of hydrogen-bond donors (Lipinski definition) is 2. The summed E-state index contributed by atoms with van der Waals surface area (Å²) >= 11 is 5.98. The second kappa shape index (κ2) is 6.20. The third kappa shape index (κ3) is 2.94. The van der Waals surface area contributed by atoms with Crippen molar-refractivity contribution in [1.82, 2.24) is 15.2 Å². The number of rotatable bonds is 3. The Bertz CT molecular complexity index is 938. The van der Waals surface area contributed by atoms with Gasteiger partial charge in [0.25, 0.3) is 5.91 Å². The maximum absolute atomic E-state index is 12.4. The van der Waals surface area contributed by atoms with Crippen LogP contribution in [0.25, 0.3) is 10.9 Å². The first-order chi connectivity index (χ1) is 11.1. The van der Waals surface area contributed by atoms with Gasteiger partial charge in [-0.25, -0.2) is 5.84 Å². The molecule has 6 nitrogen and oxygen atoms in total. The van der Waals surface area contributed by atoms with Crippen molar-refractivity contribution in [3.05, 3.63) is 75.0 Å². The van der Waals surface area contributed by atoms with Crippen LogP contribution in [0.5, 0.6) is 0 Å². The van der Waals surface area contributed by atoms with Crippen molar-refractivity contribution in [1.29, 1.82) is 0 Å². The van der Waals surface area contributed by atoms with Crippen LogP contribution < -0.4 is 16.7 Å². The molecule has 0 spiro atoms. The zero-order valence-electron chi connectivity index (χ0n) is 12.0. The standard InChI is InChI=1S/C16H13ClN4O2/c17-11-6-7-13-12(8-11)15(22)14(16(23)19-18)20-21(13)9-10-4-2-1-3-5-10/h1-8H,9,18H2,(H,19,23). The summed E-state index contributed by atoms with van der Waals surface area (Å²) in [5.74, 6) is 4.40. The molecule has 1 aromatic heterocycles. The van der Waals surface area contributed by atoms with Gasteiger partial charge >= 0.3 is 0 Å².